The zero-order valence-electron chi connectivity index (χ0n) is 13.5. The number of ether oxygens (including phenoxy) is 1. The number of aromatic nitrogens is 2. The van der Waals surface area contributed by atoms with Crippen molar-refractivity contribution in [1.82, 2.24) is 10.1 Å². The normalized spacial score (nSPS) is 10.5. The number of carbonyl (C=O) groups excluding carboxylic acids is 1. The summed E-state index contributed by atoms with van der Waals surface area (Å²) in [6, 6.07) is 15.1. The monoisotopic (exact) mass is 449 g/mol. The minimum atomic E-state index is -0.140. The number of hydrogen-bond donors (Lipinski definition) is 1. The first kappa shape index (κ1) is 17.4. The van der Waals surface area contributed by atoms with E-state index in [1.54, 1.807) is 19.2 Å². The standard InChI is InChI=1S/C18H16IN3O3/c1-24-15-5-3-2-4-14(15)20-16(23)10-11-17-21-18(22-25-17)12-6-8-13(19)9-7-12/h2-9H,10-11H2,1H3,(H,20,23). The lowest BCUT2D eigenvalue weighted by Crippen LogP contribution is -2.13. The zero-order chi connectivity index (χ0) is 17.6. The van der Waals surface area contributed by atoms with Gasteiger partial charge in [-0.25, -0.2) is 0 Å². The summed E-state index contributed by atoms with van der Waals surface area (Å²) < 4.78 is 11.6. The van der Waals surface area contributed by atoms with E-state index < -0.39 is 0 Å². The molecule has 1 N–H and O–H groups in total. The third kappa shape index (κ3) is 4.56. The number of anilines is 1. The van der Waals surface area contributed by atoms with E-state index in [9.17, 15) is 4.79 Å². The number of aryl methyl sites for hydroxylation is 1. The van der Waals surface area contributed by atoms with E-state index in [1.807, 2.05) is 36.4 Å². The molecule has 7 heteroatoms. The van der Waals surface area contributed by atoms with E-state index in [4.69, 9.17) is 9.26 Å². The fourth-order valence-corrected chi connectivity index (χ4v) is 2.61. The van der Waals surface area contributed by atoms with Crippen LogP contribution in [0.25, 0.3) is 11.4 Å². The molecule has 0 bridgehead atoms. The Kier molecular flexibility index (Phi) is 5.64. The van der Waals surface area contributed by atoms with Crippen LogP contribution in [0, 0.1) is 3.57 Å². The molecule has 6 nitrogen and oxygen atoms in total. The SMILES string of the molecule is COc1ccccc1NC(=O)CCc1nc(-c2ccc(I)cc2)no1. The van der Waals surface area contributed by atoms with Crippen molar-refractivity contribution in [3.8, 4) is 17.1 Å². The van der Waals surface area contributed by atoms with Gasteiger partial charge in [0, 0.05) is 22.0 Å². The molecule has 0 saturated heterocycles. The van der Waals surface area contributed by atoms with Gasteiger partial charge in [-0.3, -0.25) is 4.79 Å². The van der Waals surface area contributed by atoms with Crippen molar-refractivity contribution in [2.45, 2.75) is 12.8 Å². The number of methoxy groups -OCH3 is 1. The first-order valence-corrected chi connectivity index (χ1v) is 8.75. The molecule has 1 heterocycles. The molecule has 0 spiro atoms. The van der Waals surface area contributed by atoms with Crippen molar-refractivity contribution in [1.29, 1.82) is 0 Å². The van der Waals surface area contributed by atoms with Crippen LogP contribution in [-0.2, 0) is 11.2 Å². The Bertz CT molecular complexity index is 862. The van der Waals surface area contributed by atoms with Crippen LogP contribution in [0.15, 0.2) is 53.1 Å². The Morgan fingerprint density at radius 3 is 2.72 bits per heavy atom. The Balaban J connectivity index is 1.58. The minimum Gasteiger partial charge on any atom is -0.495 e. The minimum absolute atomic E-state index is 0.140. The predicted octanol–water partition coefficient (Wildman–Crippen LogP) is 3.92. The largest absolute Gasteiger partial charge is 0.495 e. The molecular formula is C18H16IN3O3. The van der Waals surface area contributed by atoms with Crippen LogP contribution in [0.4, 0.5) is 5.69 Å². The van der Waals surface area contributed by atoms with E-state index in [0.717, 1.165) is 9.13 Å². The molecule has 0 atom stereocenters. The molecule has 0 fully saturated rings. The number of halogens is 1. The molecule has 1 amide bonds. The lowest BCUT2D eigenvalue weighted by atomic mass is 10.2. The first-order valence-electron chi connectivity index (χ1n) is 7.67. The van der Waals surface area contributed by atoms with Crippen molar-refractivity contribution in [3.63, 3.8) is 0 Å². The van der Waals surface area contributed by atoms with Gasteiger partial charge >= 0.3 is 0 Å². The van der Waals surface area contributed by atoms with Crippen molar-refractivity contribution in [2.24, 2.45) is 0 Å². The molecule has 0 aliphatic rings. The van der Waals surface area contributed by atoms with Crippen LogP contribution in [0.2, 0.25) is 0 Å². The summed E-state index contributed by atoms with van der Waals surface area (Å²) >= 11 is 2.24. The van der Waals surface area contributed by atoms with Crippen LogP contribution in [0.1, 0.15) is 12.3 Å². The van der Waals surface area contributed by atoms with Gasteiger partial charge in [0.1, 0.15) is 5.75 Å². The van der Waals surface area contributed by atoms with E-state index in [2.05, 4.69) is 38.0 Å². The van der Waals surface area contributed by atoms with Crippen LogP contribution in [-0.4, -0.2) is 23.2 Å². The number of nitrogens with zero attached hydrogens (tertiary/aromatic N) is 2. The maximum Gasteiger partial charge on any atom is 0.227 e. The van der Waals surface area contributed by atoms with E-state index >= 15 is 0 Å². The number of hydrogen-bond acceptors (Lipinski definition) is 5. The average molecular weight is 449 g/mol. The zero-order valence-corrected chi connectivity index (χ0v) is 15.7. The third-order valence-electron chi connectivity index (χ3n) is 3.52. The van der Waals surface area contributed by atoms with E-state index in [0.29, 0.717) is 29.6 Å². The Labute approximate surface area is 158 Å². The first-order chi connectivity index (χ1) is 12.2. The van der Waals surface area contributed by atoms with Crippen molar-refractivity contribution < 1.29 is 14.1 Å². The van der Waals surface area contributed by atoms with Crippen LogP contribution in [0.5, 0.6) is 5.75 Å². The Morgan fingerprint density at radius 2 is 1.96 bits per heavy atom. The Hall–Kier alpha value is -2.42. The molecular weight excluding hydrogens is 433 g/mol. The number of nitrogens with one attached hydrogen (secondary N) is 1. The number of benzene rings is 2. The maximum absolute atomic E-state index is 12.1. The summed E-state index contributed by atoms with van der Waals surface area (Å²) in [5.41, 5.74) is 1.52. The summed E-state index contributed by atoms with van der Waals surface area (Å²) in [6.45, 7) is 0. The number of rotatable bonds is 6. The number of para-hydroxylation sites is 2. The smallest absolute Gasteiger partial charge is 0.227 e. The second-order valence-electron chi connectivity index (χ2n) is 5.27. The van der Waals surface area contributed by atoms with Gasteiger partial charge in [0.15, 0.2) is 0 Å². The molecule has 0 aliphatic heterocycles. The molecule has 0 radical (unpaired) electrons. The fraction of sp³-hybridized carbons (Fsp3) is 0.167. The number of carbonyl (C=O) groups is 1. The number of amides is 1. The fourth-order valence-electron chi connectivity index (χ4n) is 2.25. The molecule has 3 rings (SSSR count). The van der Waals surface area contributed by atoms with Crippen molar-refractivity contribution in [2.75, 3.05) is 12.4 Å². The quantitative estimate of drug-likeness (QED) is 0.578. The summed E-state index contributed by atoms with van der Waals surface area (Å²) in [5.74, 6) is 1.44. The van der Waals surface area contributed by atoms with Crippen LogP contribution >= 0.6 is 22.6 Å². The molecule has 0 unspecified atom stereocenters. The maximum atomic E-state index is 12.1. The molecule has 3 aromatic rings. The van der Waals surface area contributed by atoms with Crippen molar-refractivity contribution >= 4 is 34.2 Å². The lowest BCUT2D eigenvalue weighted by Gasteiger charge is -2.08. The van der Waals surface area contributed by atoms with Gasteiger partial charge in [0.2, 0.25) is 17.6 Å². The highest BCUT2D eigenvalue weighted by atomic mass is 127. The van der Waals surface area contributed by atoms with Crippen LogP contribution < -0.4 is 10.1 Å². The van der Waals surface area contributed by atoms with E-state index in [-0.39, 0.29) is 12.3 Å². The summed E-state index contributed by atoms with van der Waals surface area (Å²) in [6.07, 6.45) is 0.616. The molecule has 1 aromatic heterocycles. The predicted molar refractivity (Wildman–Crippen MR) is 102 cm³/mol. The Morgan fingerprint density at radius 1 is 1.20 bits per heavy atom. The highest BCUT2D eigenvalue weighted by molar-refractivity contribution is 14.1. The summed E-state index contributed by atoms with van der Waals surface area (Å²) in [5, 5.41) is 6.79. The van der Waals surface area contributed by atoms with Gasteiger partial charge in [-0.15, -0.1) is 0 Å². The van der Waals surface area contributed by atoms with Gasteiger partial charge in [0.25, 0.3) is 0 Å². The lowest BCUT2D eigenvalue weighted by molar-refractivity contribution is -0.116. The second-order valence-corrected chi connectivity index (χ2v) is 6.51. The van der Waals surface area contributed by atoms with Crippen LogP contribution in [0.3, 0.4) is 0 Å². The van der Waals surface area contributed by atoms with E-state index in [1.165, 1.54) is 0 Å². The third-order valence-corrected chi connectivity index (χ3v) is 4.24. The molecule has 0 saturated carbocycles. The molecule has 2 aromatic carbocycles. The van der Waals surface area contributed by atoms with Gasteiger partial charge in [0.05, 0.1) is 12.8 Å². The van der Waals surface area contributed by atoms with Gasteiger partial charge < -0.3 is 14.6 Å². The second kappa shape index (κ2) is 8.11. The average Bonchev–Trinajstić information content (AvgIpc) is 3.10. The highest BCUT2D eigenvalue weighted by Gasteiger charge is 2.12. The topological polar surface area (TPSA) is 77.2 Å². The molecule has 128 valence electrons. The summed E-state index contributed by atoms with van der Waals surface area (Å²) in [4.78, 5) is 16.4. The van der Waals surface area contributed by atoms with Gasteiger partial charge in [-0.05, 0) is 46.9 Å². The van der Waals surface area contributed by atoms with Gasteiger partial charge in [-0.2, -0.15) is 4.98 Å². The van der Waals surface area contributed by atoms with Crippen molar-refractivity contribution in [3.05, 3.63) is 58.0 Å². The summed E-state index contributed by atoms with van der Waals surface area (Å²) in [7, 11) is 1.57. The molecule has 25 heavy (non-hydrogen) atoms. The van der Waals surface area contributed by atoms with Gasteiger partial charge in [-0.1, -0.05) is 29.4 Å². The highest BCUT2D eigenvalue weighted by Crippen LogP contribution is 2.23. The molecule has 0 aliphatic carbocycles.